The molecule has 5 nitrogen and oxygen atoms in total. The second kappa shape index (κ2) is 4.71. The van der Waals surface area contributed by atoms with E-state index < -0.39 is 5.97 Å². The van der Waals surface area contributed by atoms with Crippen LogP contribution in [0, 0.1) is 0 Å². The number of hydrogen-bond acceptors (Lipinski definition) is 4. The van der Waals surface area contributed by atoms with Crippen LogP contribution in [0.5, 0.6) is 0 Å². The number of ether oxygens (including phenoxy) is 1. The zero-order valence-corrected chi connectivity index (χ0v) is 9.96. The average molecular weight is 236 g/mol. The monoisotopic (exact) mass is 236 g/mol. The number of aromatic carboxylic acids is 1. The largest absolute Gasteiger partial charge is 0.478 e. The number of rotatable bonds is 2. The quantitative estimate of drug-likeness (QED) is 0.840. The lowest BCUT2D eigenvalue weighted by Gasteiger charge is -2.36. The number of carbonyl (C=O) groups is 1. The number of aromatic nitrogens is 1. The Kier molecular flexibility index (Phi) is 3.28. The first kappa shape index (κ1) is 11.9. The molecule has 17 heavy (non-hydrogen) atoms. The van der Waals surface area contributed by atoms with E-state index in [2.05, 4.69) is 4.98 Å². The molecule has 1 N–H and O–H groups in total. The first-order valence-electron chi connectivity index (χ1n) is 5.66. The lowest BCUT2D eigenvalue weighted by atomic mass is 10.2. The van der Waals surface area contributed by atoms with E-state index in [4.69, 9.17) is 9.84 Å². The Hall–Kier alpha value is -1.62. The summed E-state index contributed by atoms with van der Waals surface area (Å²) in [7, 11) is 0. The number of anilines is 1. The van der Waals surface area contributed by atoms with Crippen LogP contribution in [0.3, 0.4) is 0 Å². The second-order valence-corrected chi connectivity index (χ2v) is 4.34. The smallest absolute Gasteiger partial charge is 0.339 e. The van der Waals surface area contributed by atoms with E-state index in [-0.39, 0.29) is 17.8 Å². The van der Waals surface area contributed by atoms with Gasteiger partial charge in [0.05, 0.1) is 12.2 Å². The van der Waals surface area contributed by atoms with Gasteiger partial charge in [0, 0.05) is 19.3 Å². The first-order chi connectivity index (χ1) is 8.08. The molecule has 92 valence electrons. The van der Waals surface area contributed by atoms with Crippen LogP contribution < -0.4 is 4.90 Å². The number of pyridine rings is 1. The zero-order valence-electron chi connectivity index (χ0n) is 9.96. The van der Waals surface area contributed by atoms with Gasteiger partial charge in [-0.05, 0) is 26.0 Å². The standard InChI is InChI=1S/C12H16N2O3/c1-8-6-14(7-9(2)17-8)11-10(12(15)16)4-3-5-13-11/h3-5,8-9H,6-7H2,1-2H3,(H,15,16). The van der Waals surface area contributed by atoms with Crippen LogP contribution in [0.1, 0.15) is 24.2 Å². The average Bonchev–Trinajstić information content (AvgIpc) is 2.27. The summed E-state index contributed by atoms with van der Waals surface area (Å²) in [5.41, 5.74) is 0.244. The molecule has 0 radical (unpaired) electrons. The molecule has 0 amide bonds. The maximum Gasteiger partial charge on any atom is 0.339 e. The molecular formula is C12H16N2O3. The summed E-state index contributed by atoms with van der Waals surface area (Å²) in [6.45, 7) is 5.29. The summed E-state index contributed by atoms with van der Waals surface area (Å²) in [4.78, 5) is 17.3. The van der Waals surface area contributed by atoms with Crippen molar-refractivity contribution in [3.05, 3.63) is 23.9 Å². The molecule has 0 saturated carbocycles. The van der Waals surface area contributed by atoms with Crippen molar-refractivity contribution in [1.82, 2.24) is 4.98 Å². The zero-order chi connectivity index (χ0) is 12.4. The molecule has 1 aliphatic heterocycles. The van der Waals surface area contributed by atoms with Crippen LogP contribution in [0.4, 0.5) is 5.82 Å². The van der Waals surface area contributed by atoms with Crippen molar-refractivity contribution in [3.63, 3.8) is 0 Å². The lowest BCUT2D eigenvalue weighted by Crippen LogP contribution is -2.46. The highest BCUT2D eigenvalue weighted by Gasteiger charge is 2.26. The summed E-state index contributed by atoms with van der Waals surface area (Å²) in [5.74, 6) is -0.415. The van der Waals surface area contributed by atoms with E-state index in [1.165, 1.54) is 0 Å². The van der Waals surface area contributed by atoms with Crippen LogP contribution in [0.25, 0.3) is 0 Å². The minimum atomic E-state index is -0.945. The van der Waals surface area contributed by atoms with E-state index in [0.717, 1.165) is 0 Å². The highest BCUT2D eigenvalue weighted by molar-refractivity contribution is 5.93. The molecule has 1 aliphatic rings. The SMILES string of the molecule is CC1CN(c2ncccc2C(=O)O)CC(C)O1. The lowest BCUT2D eigenvalue weighted by molar-refractivity contribution is -0.00556. The summed E-state index contributed by atoms with van der Waals surface area (Å²) in [5, 5.41) is 9.13. The molecular weight excluding hydrogens is 220 g/mol. The maximum absolute atomic E-state index is 11.1. The third-order valence-electron chi connectivity index (χ3n) is 2.74. The normalized spacial score (nSPS) is 24.7. The van der Waals surface area contributed by atoms with Crippen molar-refractivity contribution >= 4 is 11.8 Å². The summed E-state index contributed by atoms with van der Waals surface area (Å²) in [6, 6.07) is 3.22. The van der Waals surface area contributed by atoms with E-state index in [1.807, 2.05) is 18.7 Å². The van der Waals surface area contributed by atoms with Crippen molar-refractivity contribution in [2.24, 2.45) is 0 Å². The molecule has 2 rings (SSSR count). The predicted molar refractivity (Wildman–Crippen MR) is 63.4 cm³/mol. The van der Waals surface area contributed by atoms with Gasteiger partial charge in [0.25, 0.3) is 0 Å². The van der Waals surface area contributed by atoms with E-state index in [9.17, 15) is 4.79 Å². The summed E-state index contributed by atoms with van der Waals surface area (Å²) in [6.07, 6.45) is 1.79. The molecule has 0 spiro atoms. The Bertz CT molecular complexity index is 412. The van der Waals surface area contributed by atoms with Gasteiger partial charge in [-0.2, -0.15) is 0 Å². The molecule has 1 aromatic heterocycles. The number of hydrogen-bond donors (Lipinski definition) is 1. The molecule has 2 unspecified atom stereocenters. The minimum Gasteiger partial charge on any atom is -0.478 e. The Balaban J connectivity index is 2.30. The Morgan fingerprint density at radius 1 is 1.47 bits per heavy atom. The fourth-order valence-electron chi connectivity index (χ4n) is 2.17. The fourth-order valence-corrected chi connectivity index (χ4v) is 2.17. The van der Waals surface area contributed by atoms with Crippen LogP contribution in [-0.2, 0) is 4.74 Å². The predicted octanol–water partition coefficient (Wildman–Crippen LogP) is 1.39. The topological polar surface area (TPSA) is 62.7 Å². The molecule has 1 fully saturated rings. The van der Waals surface area contributed by atoms with Gasteiger partial charge < -0.3 is 14.7 Å². The van der Waals surface area contributed by atoms with Gasteiger partial charge in [-0.25, -0.2) is 9.78 Å². The van der Waals surface area contributed by atoms with Gasteiger partial charge in [0.15, 0.2) is 0 Å². The van der Waals surface area contributed by atoms with Crippen LogP contribution in [0.15, 0.2) is 18.3 Å². The van der Waals surface area contributed by atoms with Crippen molar-refractivity contribution < 1.29 is 14.6 Å². The van der Waals surface area contributed by atoms with Gasteiger partial charge in [0.2, 0.25) is 0 Å². The van der Waals surface area contributed by atoms with Gasteiger partial charge in [-0.15, -0.1) is 0 Å². The number of morpholine rings is 1. The maximum atomic E-state index is 11.1. The van der Waals surface area contributed by atoms with Gasteiger partial charge in [-0.3, -0.25) is 0 Å². The fraction of sp³-hybridized carbons (Fsp3) is 0.500. The third-order valence-corrected chi connectivity index (χ3v) is 2.74. The molecule has 0 aliphatic carbocycles. The molecule has 5 heteroatoms. The molecule has 2 atom stereocenters. The molecule has 1 aromatic rings. The second-order valence-electron chi connectivity index (χ2n) is 4.34. The van der Waals surface area contributed by atoms with Crippen LogP contribution in [0.2, 0.25) is 0 Å². The van der Waals surface area contributed by atoms with Gasteiger partial charge >= 0.3 is 5.97 Å². The van der Waals surface area contributed by atoms with E-state index in [0.29, 0.717) is 18.9 Å². The minimum absolute atomic E-state index is 0.0856. The number of carboxylic acids is 1. The number of nitrogens with zero attached hydrogens (tertiary/aromatic N) is 2. The summed E-state index contributed by atoms with van der Waals surface area (Å²) >= 11 is 0. The summed E-state index contributed by atoms with van der Waals surface area (Å²) < 4.78 is 5.62. The Morgan fingerprint density at radius 3 is 2.71 bits per heavy atom. The van der Waals surface area contributed by atoms with E-state index in [1.54, 1.807) is 18.3 Å². The third kappa shape index (κ3) is 2.55. The van der Waals surface area contributed by atoms with Crippen LogP contribution >= 0.6 is 0 Å². The molecule has 1 saturated heterocycles. The first-order valence-corrected chi connectivity index (χ1v) is 5.66. The number of carboxylic acid groups (broad SMARTS) is 1. The molecule has 0 aromatic carbocycles. The van der Waals surface area contributed by atoms with Crippen molar-refractivity contribution in [2.75, 3.05) is 18.0 Å². The Labute approximate surface area is 100 Å². The Morgan fingerprint density at radius 2 is 2.12 bits per heavy atom. The molecule has 0 bridgehead atoms. The van der Waals surface area contributed by atoms with Crippen molar-refractivity contribution in [3.8, 4) is 0 Å². The van der Waals surface area contributed by atoms with Crippen molar-refractivity contribution in [2.45, 2.75) is 26.1 Å². The van der Waals surface area contributed by atoms with Gasteiger partial charge in [-0.1, -0.05) is 0 Å². The van der Waals surface area contributed by atoms with Crippen LogP contribution in [-0.4, -0.2) is 41.4 Å². The molecule has 2 heterocycles. The highest BCUT2D eigenvalue weighted by Crippen LogP contribution is 2.21. The van der Waals surface area contributed by atoms with E-state index >= 15 is 0 Å². The van der Waals surface area contributed by atoms with Crippen molar-refractivity contribution in [1.29, 1.82) is 0 Å². The highest BCUT2D eigenvalue weighted by atomic mass is 16.5. The van der Waals surface area contributed by atoms with Gasteiger partial charge in [0.1, 0.15) is 11.4 Å².